The predicted octanol–water partition coefficient (Wildman–Crippen LogP) is 6.33. The van der Waals surface area contributed by atoms with Gasteiger partial charge in [-0.25, -0.2) is 0 Å². The van der Waals surface area contributed by atoms with Gasteiger partial charge in [0.15, 0.2) is 5.75 Å². The number of halogens is 1. The van der Waals surface area contributed by atoms with Crippen LogP contribution < -0.4 is 10.2 Å². The van der Waals surface area contributed by atoms with E-state index in [2.05, 4.69) is 35.6 Å². The third kappa shape index (κ3) is 3.00. The first-order valence-corrected chi connectivity index (χ1v) is 8.32. The van der Waals surface area contributed by atoms with Crippen LogP contribution in [0.2, 0.25) is 5.02 Å². The van der Waals surface area contributed by atoms with E-state index in [1.54, 1.807) is 12.1 Å². The summed E-state index contributed by atoms with van der Waals surface area (Å²) in [7, 11) is 1.48. The molecular formula is C21H16ClNO2. The van der Waals surface area contributed by atoms with Crippen LogP contribution in [-0.2, 0) is 4.89 Å². The number of hydrogen-bond acceptors (Lipinski definition) is 3. The number of benzene rings is 4. The first-order valence-electron chi connectivity index (χ1n) is 7.94. The molecule has 4 rings (SSSR count). The Morgan fingerprint density at radius 3 is 2.08 bits per heavy atom. The highest BCUT2D eigenvalue weighted by Crippen LogP contribution is 2.38. The topological polar surface area (TPSA) is 30.5 Å². The van der Waals surface area contributed by atoms with Gasteiger partial charge >= 0.3 is 0 Å². The van der Waals surface area contributed by atoms with Crippen LogP contribution in [0.3, 0.4) is 0 Å². The van der Waals surface area contributed by atoms with Crippen molar-refractivity contribution in [3.63, 3.8) is 0 Å². The Morgan fingerprint density at radius 1 is 0.800 bits per heavy atom. The Labute approximate surface area is 150 Å². The highest BCUT2D eigenvalue weighted by Gasteiger charge is 2.11. The van der Waals surface area contributed by atoms with Crippen LogP contribution in [0.5, 0.6) is 5.75 Å². The van der Waals surface area contributed by atoms with Crippen molar-refractivity contribution in [1.82, 2.24) is 0 Å². The smallest absolute Gasteiger partial charge is 0.188 e. The average Bonchev–Trinajstić information content (AvgIpc) is 2.64. The SMILES string of the molecule is COOc1ccc(Cl)cc1Nc1c2ccccc2cc2ccccc12. The van der Waals surface area contributed by atoms with Crippen molar-refractivity contribution in [3.8, 4) is 5.75 Å². The molecule has 0 heterocycles. The third-order valence-corrected chi connectivity index (χ3v) is 4.38. The van der Waals surface area contributed by atoms with Gasteiger partial charge in [-0.3, -0.25) is 0 Å². The summed E-state index contributed by atoms with van der Waals surface area (Å²) in [4.78, 5) is 10.1. The highest BCUT2D eigenvalue weighted by atomic mass is 35.5. The highest BCUT2D eigenvalue weighted by molar-refractivity contribution is 6.31. The van der Waals surface area contributed by atoms with Crippen LogP contribution in [-0.4, -0.2) is 7.11 Å². The zero-order valence-electron chi connectivity index (χ0n) is 13.6. The molecule has 25 heavy (non-hydrogen) atoms. The molecule has 0 bridgehead atoms. The number of anilines is 2. The van der Waals surface area contributed by atoms with E-state index in [1.165, 1.54) is 17.9 Å². The molecule has 124 valence electrons. The fourth-order valence-electron chi connectivity index (χ4n) is 3.05. The molecule has 4 aromatic rings. The lowest BCUT2D eigenvalue weighted by Crippen LogP contribution is -1.98. The second-order valence-electron chi connectivity index (χ2n) is 5.71. The Morgan fingerprint density at radius 2 is 1.44 bits per heavy atom. The Kier molecular flexibility index (Phi) is 4.18. The van der Waals surface area contributed by atoms with Gasteiger partial charge in [-0.1, -0.05) is 60.1 Å². The summed E-state index contributed by atoms with van der Waals surface area (Å²) in [6, 6.07) is 24.1. The molecule has 0 aliphatic rings. The summed E-state index contributed by atoms with van der Waals surface area (Å²) in [6.45, 7) is 0. The maximum absolute atomic E-state index is 6.18. The third-order valence-electron chi connectivity index (χ3n) is 4.15. The summed E-state index contributed by atoms with van der Waals surface area (Å²) in [5, 5.41) is 8.71. The van der Waals surface area contributed by atoms with Crippen LogP contribution >= 0.6 is 11.6 Å². The maximum atomic E-state index is 6.18. The minimum atomic E-state index is 0.573. The zero-order valence-corrected chi connectivity index (χ0v) is 14.4. The molecule has 0 saturated heterocycles. The van der Waals surface area contributed by atoms with E-state index < -0.39 is 0 Å². The number of hydrogen-bond donors (Lipinski definition) is 1. The zero-order chi connectivity index (χ0) is 17.2. The lowest BCUT2D eigenvalue weighted by molar-refractivity contribution is -0.177. The summed E-state index contributed by atoms with van der Waals surface area (Å²) >= 11 is 6.18. The van der Waals surface area contributed by atoms with E-state index in [9.17, 15) is 0 Å². The van der Waals surface area contributed by atoms with Crippen LogP contribution in [0.15, 0.2) is 72.8 Å². The van der Waals surface area contributed by atoms with Crippen LogP contribution in [0.25, 0.3) is 21.5 Å². The molecule has 0 amide bonds. The molecule has 0 aliphatic carbocycles. The molecule has 4 heteroatoms. The minimum Gasteiger partial charge on any atom is -0.351 e. The van der Waals surface area contributed by atoms with Gasteiger partial charge in [0.1, 0.15) is 0 Å². The van der Waals surface area contributed by atoms with Crippen molar-refractivity contribution < 1.29 is 9.78 Å². The molecule has 0 spiro atoms. The number of fused-ring (bicyclic) bond motifs is 2. The van der Waals surface area contributed by atoms with Gasteiger partial charge in [0, 0.05) is 15.8 Å². The van der Waals surface area contributed by atoms with E-state index in [1.807, 2.05) is 30.3 Å². The van der Waals surface area contributed by atoms with Crippen molar-refractivity contribution in [2.24, 2.45) is 0 Å². The summed E-state index contributed by atoms with van der Waals surface area (Å²) in [5.41, 5.74) is 1.76. The van der Waals surface area contributed by atoms with Gasteiger partial charge in [-0.2, -0.15) is 4.89 Å². The summed E-state index contributed by atoms with van der Waals surface area (Å²) < 4.78 is 0. The van der Waals surface area contributed by atoms with Crippen molar-refractivity contribution in [1.29, 1.82) is 0 Å². The molecule has 0 radical (unpaired) electrons. The molecule has 0 saturated carbocycles. The molecule has 0 aromatic heterocycles. The van der Waals surface area contributed by atoms with Gasteiger partial charge in [-0.15, -0.1) is 0 Å². The molecule has 0 aliphatic heterocycles. The summed E-state index contributed by atoms with van der Waals surface area (Å²) in [6.07, 6.45) is 0. The monoisotopic (exact) mass is 349 g/mol. The van der Waals surface area contributed by atoms with Gasteiger partial charge in [0.2, 0.25) is 0 Å². The van der Waals surface area contributed by atoms with Gasteiger partial charge in [-0.05, 0) is 35.0 Å². The van der Waals surface area contributed by atoms with Crippen LogP contribution in [0.4, 0.5) is 11.4 Å². The first kappa shape index (κ1) is 15.8. The average molecular weight is 350 g/mol. The van der Waals surface area contributed by atoms with Crippen molar-refractivity contribution >= 4 is 44.5 Å². The Balaban J connectivity index is 1.95. The fourth-order valence-corrected chi connectivity index (χ4v) is 3.22. The maximum Gasteiger partial charge on any atom is 0.188 e. The van der Waals surface area contributed by atoms with Crippen LogP contribution in [0.1, 0.15) is 0 Å². The normalized spacial score (nSPS) is 11.0. The van der Waals surface area contributed by atoms with Crippen molar-refractivity contribution in [2.45, 2.75) is 0 Å². The van der Waals surface area contributed by atoms with E-state index in [-0.39, 0.29) is 0 Å². The first-order chi connectivity index (χ1) is 12.3. The number of rotatable bonds is 4. The van der Waals surface area contributed by atoms with Gasteiger partial charge in [0.25, 0.3) is 0 Å². The predicted molar refractivity (Wildman–Crippen MR) is 104 cm³/mol. The Hall–Kier alpha value is -2.75. The van der Waals surface area contributed by atoms with E-state index >= 15 is 0 Å². The molecule has 0 unspecified atom stereocenters. The largest absolute Gasteiger partial charge is 0.351 e. The van der Waals surface area contributed by atoms with Crippen molar-refractivity contribution in [2.75, 3.05) is 12.4 Å². The molecular weight excluding hydrogens is 334 g/mol. The molecule has 3 nitrogen and oxygen atoms in total. The molecule has 0 atom stereocenters. The van der Waals surface area contributed by atoms with E-state index in [0.29, 0.717) is 10.8 Å². The van der Waals surface area contributed by atoms with Crippen molar-refractivity contribution in [3.05, 3.63) is 77.8 Å². The quantitative estimate of drug-likeness (QED) is 0.265. The summed E-state index contributed by atoms with van der Waals surface area (Å²) in [5.74, 6) is 0.573. The van der Waals surface area contributed by atoms with E-state index in [0.717, 1.165) is 22.1 Å². The fraction of sp³-hybridized carbons (Fsp3) is 0.0476. The second-order valence-corrected chi connectivity index (χ2v) is 6.15. The lowest BCUT2D eigenvalue weighted by atomic mass is 10.0. The second kappa shape index (κ2) is 6.63. The van der Waals surface area contributed by atoms with E-state index in [4.69, 9.17) is 21.4 Å². The molecule has 0 fully saturated rings. The van der Waals surface area contributed by atoms with Crippen LogP contribution in [0, 0.1) is 0 Å². The molecule has 4 aromatic carbocycles. The van der Waals surface area contributed by atoms with Gasteiger partial charge < -0.3 is 10.2 Å². The minimum absolute atomic E-state index is 0.573. The van der Waals surface area contributed by atoms with Gasteiger partial charge in [0.05, 0.1) is 18.5 Å². The standard InChI is InChI=1S/C21H16ClNO2/c1-24-25-20-11-10-16(22)13-19(20)23-21-17-8-4-2-6-14(17)12-15-7-3-5-9-18(15)21/h2-13,23H,1H3. The lowest BCUT2D eigenvalue weighted by Gasteiger charge is -2.16. The molecule has 1 N–H and O–H groups in total. The Bertz CT molecular complexity index is 1010. The number of nitrogens with one attached hydrogen (secondary N) is 1.